The summed E-state index contributed by atoms with van der Waals surface area (Å²) in [5, 5.41) is 0. The van der Waals surface area contributed by atoms with Crippen LogP contribution in [-0.4, -0.2) is 58.7 Å². The molecule has 21 nitrogen and oxygen atoms in total. The van der Waals surface area contributed by atoms with Crippen LogP contribution in [0.1, 0.15) is 0 Å². The predicted octanol–water partition coefficient (Wildman–Crippen LogP) is -2.43. The van der Waals surface area contributed by atoms with Crippen LogP contribution in [0.2, 0.25) is 0 Å². The molecular weight excluding hydrogens is 1130 g/mol. The quantitative estimate of drug-likeness (QED) is 0.123. The Bertz CT molecular complexity index is 559. The molecule has 0 atom stereocenters. The van der Waals surface area contributed by atoms with Gasteiger partial charge in [-0.3, -0.25) is 0 Å². The van der Waals surface area contributed by atoms with Crippen LogP contribution in [0.5, 0.6) is 0 Å². The van der Waals surface area contributed by atoms with Gasteiger partial charge < -0.3 is 58.7 Å². The normalized spacial score (nSPS) is 12.0. The second-order valence-corrected chi connectivity index (χ2v) is 11.0. The Labute approximate surface area is 335 Å². The first-order chi connectivity index (χ1) is 11.1. The zero-order chi connectivity index (χ0) is 23.1. The van der Waals surface area contributed by atoms with Crippen LogP contribution in [-0.2, 0) is 40.3 Å². The second-order valence-electron chi connectivity index (χ2n) is 3.19. The Hall–Kier alpha value is 7.12. The monoisotopic (exact) mass is 1150 g/mol. The summed E-state index contributed by atoms with van der Waals surface area (Å²) in [6.45, 7) is 0. The van der Waals surface area contributed by atoms with Crippen molar-refractivity contribution in [1.29, 1.82) is 0 Å². The van der Waals surface area contributed by atoms with Crippen molar-refractivity contribution in [1.82, 2.24) is 0 Å². The summed E-state index contributed by atoms with van der Waals surface area (Å²) in [6.07, 6.45) is 0. The summed E-state index contributed by atoms with van der Waals surface area (Å²) in [6, 6.07) is 0. The van der Waals surface area contributed by atoms with Gasteiger partial charge in [0.2, 0.25) is 0 Å². The van der Waals surface area contributed by atoms with Crippen molar-refractivity contribution in [3.05, 3.63) is 0 Å². The fourth-order valence-corrected chi connectivity index (χ4v) is 3.74. The van der Waals surface area contributed by atoms with E-state index in [9.17, 15) is 27.4 Å². The van der Waals surface area contributed by atoms with Gasteiger partial charge in [-0.25, -0.2) is 27.4 Å². The molecule has 196 valence electrons. The van der Waals surface area contributed by atoms with Crippen LogP contribution in [0.25, 0.3) is 0 Å². The van der Waals surface area contributed by atoms with Gasteiger partial charge in [0.15, 0.2) is 0 Å². The Morgan fingerprint density at radius 3 is 0.355 bits per heavy atom. The Balaban J connectivity index is -0.0000000524. The van der Waals surface area contributed by atoms with Crippen molar-refractivity contribution in [2.24, 2.45) is 0 Å². The predicted molar refractivity (Wildman–Crippen MR) is 75.5 cm³/mol. The standard InChI is InChI=1S/4Eu.3H4O7P2/c;;;;3*1-8(2,3)7-9(4,5)6/h;;;;3*(H2,1,2,3)(H2,4,5,6). The van der Waals surface area contributed by atoms with Crippen molar-refractivity contribution >= 4 is 46.9 Å². The second kappa shape index (κ2) is 22.8. The van der Waals surface area contributed by atoms with E-state index in [1.54, 1.807) is 0 Å². The average Bonchev–Trinajstić information content (AvgIpc) is 1.96. The number of phosphoric acid groups is 6. The van der Waals surface area contributed by atoms with Gasteiger partial charge in [-0.2, -0.15) is 12.9 Å². The SMILES string of the molecule is O=P(O)(O)OP(=O)(O)O.O=P(O)(O)OP(=O)(O)O.O=P(O)(O)OP(=O)(O)O.[Eu].[Eu].[Eu].[Eu]. The Morgan fingerprint density at radius 2 is 0.355 bits per heavy atom. The summed E-state index contributed by atoms with van der Waals surface area (Å²) >= 11 is 0. The van der Waals surface area contributed by atoms with Crippen LogP contribution >= 0.6 is 46.9 Å². The van der Waals surface area contributed by atoms with Crippen molar-refractivity contribution in [3.63, 3.8) is 0 Å². The van der Waals surface area contributed by atoms with E-state index in [0.717, 1.165) is 0 Å². The van der Waals surface area contributed by atoms with Gasteiger partial charge in [0.1, 0.15) is 0 Å². The molecule has 0 bridgehead atoms. The Morgan fingerprint density at radius 1 is 0.290 bits per heavy atom. The third-order valence-corrected chi connectivity index (χ3v) is 5.74. The molecule has 31 heteroatoms. The molecule has 0 fully saturated rings. The molecule has 0 aromatic carbocycles. The fourth-order valence-electron chi connectivity index (χ4n) is 0.416. The van der Waals surface area contributed by atoms with Crippen LogP contribution < -0.4 is 0 Å². The van der Waals surface area contributed by atoms with E-state index < -0.39 is 46.9 Å². The third-order valence-electron chi connectivity index (χ3n) is 0.638. The molecule has 0 aliphatic heterocycles. The van der Waals surface area contributed by atoms with Gasteiger partial charge in [-0.05, 0) is 0 Å². The molecule has 0 aliphatic rings. The Kier molecular flexibility index (Phi) is 39.8. The van der Waals surface area contributed by atoms with Gasteiger partial charge in [0.25, 0.3) is 0 Å². The molecule has 0 aliphatic carbocycles. The molecule has 4 radical (unpaired) electrons. The number of hydrogen-bond donors (Lipinski definition) is 12. The molecule has 0 aromatic rings. The van der Waals surface area contributed by atoms with Crippen LogP contribution in [0.3, 0.4) is 0 Å². The third kappa shape index (κ3) is 72.6. The first-order valence-corrected chi connectivity index (χ1v) is 13.8. The van der Waals surface area contributed by atoms with E-state index in [1.807, 2.05) is 0 Å². The molecule has 0 unspecified atom stereocenters. The van der Waals surface area contributed by atoms with Crippen LogP contribution in [0.4, 0.5) is 0 Å². The molecule has 0 rings (SSSR count). The summed E-state index contributed by atoms with van der Waals surface area (Å²) in [4.78, 5) is 93.0. The zero-order valence-electron chi connectivity index (χ0n) is 13.2. The van der Waals surface area contributed by atoms with Crippen LogP contribution in [0, 0.1) is 198 Å². The fraction of sp³-hybridized carbons (Fsp3) is 0. The van der Waals surface area contributed by atoms with Gasteiger partial charge in [-0.1, -0.05) is 0 Å². The summed E-state index contributed by atoms with van der Waals surface area (Å²) in [5.74, 6) is 0. The molecule has 0 saturated carbocycles. The molecule has 0 spiro atoms. The summed E-state index contributed by atoms with van der Waals surface area (Å²) in [5.41, 5.74) is 0. The minimum atomic E-state index is -5.05. The maximum absolute atomic E-state index is 9.63. The summed E-state index contributed by atoms with van der Waals surface area (Å²) in [7, 11) is -30.3. The van der Waals surface area contributed by atoms with E-state index in [0.29, 0.717) is 0 Å². The van der Waals surface area contributed by atoms with E-state index in [-0.39, 0.29) is 198 Å². The molecule has 0 amide bonds. The topological polar surface area (TPSA) is 373 Å². The molecule has 31 heavy (non-hydrogen) atoms. The van der Waals surface area contributed by atoms with Crippen molar-refractivity contribution < 1.29 is 297 Å². The maximum atomic E-state index is 9.63. The van der Waals surface area contributed by atoms with E-state index in [4.69, 9.17) is 58.7 Å². The molecule has 0 saturated heterocycles. The van der Waals surface area contributed by atoms with E-state index in [2.05, 4.69) is 12.9 Å². The van der Waals surface area contributed by atoms with Crippen molar-refractivity contribution in [2.75, 3.05) is 0 Å². The number of rotatable bonds is 6. The largest absolute Gasteiger partial charge is 0.478 e. The summed E-state index contributed by atoms with van der Waals surface area (Å²) < 4.78 is 66.6. The smallest absolute Gasteiger partial charge is 0.302 e. The van der Waals surface area contributed by atoms with Gasteiger partial charge in [0.05, 0.1) is 0 Å². The minimum absolute atomic E-state index is 0. The van der Waals surface area contributed by atoms with Crippen molar-refractivity contribution in [3.8, 4) is 0 Å². The van der Waals surface area contributed by atoms with E-state index >= 15 is 0 Å². The first-order valence-electron chi connectivity index (χ1n) is 4.59. The van der Waals surface area contributed by atoms with Crippen LogP contribution in [0.15, 0.2) is 0 Å². The number of hydrogen-bond acceptors (Lipinski definition) is 9. The molecular formula is H12Eu4O21P6. The van der Waals surface area contributed by atoms with Gasteiger partial charge in [-0.15, -0.1) is 0 Å². The maximum Gasteiger partial charge on any atom is 0.478 e. The van der Waals surface area contributed by atoms with Gasteiger partial charge >= 0.3 is 46.9 Å². The van der Waals surface area contributed by atoms with Gasteiger partial charge in [0, 0.05) is 198 Å². The first kappa shape index (κ1) is 54.2. The minimum Gasteiger partial charge on any atom is -0.302 e. The van der Waals surface area contributed by atoms with E-state index in [1.165, 1.54) is 0 Å². The molecule has 0 aromatic heterocycles. The zero-order valence-corrected chi connectivity index (χ0v) is 28.3. The average molecular weight is 1140 g/mol. The molecule has 12 N–H and O–H groups in total. The molecule has 0 heterocycles. The van der Waals surface area contributed by atoms with Crippen molar-refractivity contribution in [2.45, 2.75) is 0 Å².